The monoisotopic (exact) mass is 524 g/mol. The van der Waals surface area contributed by atoms with Gasteiger partial charge in [-0.25, -0.2) is 0 Å². The first-order valence-corrected chi connectivity index (χ1v) is 11.0. The molecule has 1 aliphatic rings. The van der Waals surface area contributed by atoms with Gasteiger partial charge in [-0.05, 0) is 36.4 Å². The molecule has 0 atom stereocenters. The zero-order valence-electron chi connectivity index (χ0n) is 18.7. The van der Waals surface area contributed by atoms with Crippen LogP contribution in [-0.4, -0.2) is 39.5 Å². The first kappa shape index (κ1) is 23.4. The Morgan fingerprint density at radius 3 is 2.26 bits per heavy atom. The van der Waals surface area contributed by atoms with Gasteiger partial charge in [-0.2, -0.15) is 0 Å². The van der Waals surface area contributed by atoms with Gasteiger partial charge in [0.05, 0.1) is 26.9 Å². The van der Waals surface area contributed by atoms with Crippen LogP contribution in [0, 0.1) is 0 Å². The lowest BCUT2D eigenvalue weighted by Gasteiger charge is -2.12. The number of allylic oxidation sites excluding steroid dienone is 1. The summed E-state index contributed by atoms with van der Waals surface area (Å²) >= 11 is 3.34. The molecule has 1 aliphatic heterocycles. The van der Waals surface area contributed by atoms with Crippen molar-refractivity contribution in [3.63, 3.8) is 0 Å². The Morgan fingerprint density at radius 2 is 1.59 bits per heavy atom. The van der Waals surface area contributed by atoms with E-state index in [1.807, 2.05) is 0 Å². The lowest BCUT2D eigenvalue weighted by Crippen LogP contribution is -2.11. The van der Waals surface area contributed by atoms with Crippen LogP contribution < -0.4 is 23.7 Å². The number of methoxy groups -OCH3 is 3. The zero-order valence-corrected chi connectivity index (χ0v) is 20.3. The maximum absolute atomic E-state index is 12.9. The summed E-state index contributed by atoms with van der Waals surface area (Å²) in [7, 11) is 4.58. The van der Waals surface area contributed by atoms with Crippen LogP contribution in [0.1, 0.15) is 26.3 Å². The molecule has 0 amide bonds. The highest BCUT2D eigenvalue weighted by Crippen LogP contribution is 2.39. The molecule has 7 nitrogen and oxygen atoms in total. The molecule has 3 aromatic rings. The molecule has 4 rings (SSSR count). The molecule has 3 aromatic carbocycles. The van der Waals surface area contributed by atoms with E-state index >= 15 is 0 Å². The van der Waals surface area contributed by atoms with Crippen LogP contribution in [0.5, 0.6) is 28.7 Å². The predicted molar refractivity (Wildman–Crippen MR) is 129 cm³/mol. The minimum Gasteiger partial charge on any atom is -0.496 e. The predicted octanol–water partition coefficient (Wildman–Crippen LogP) is 5.35. The second-order valence-electron chi connectivity index (χ2n) is 7.27. The van der Waals surface area contributed by atoms with Gasteiger partial charge >= 0.3 is 0 Å². The van der Waals surface area contributed by atoms with E-state index in [1.165, 1.54) is 21.3 Å². The number of hydrogen-bond acceptors (Lipinski definition) is 7. The maximum atomic E-state index is 12.9. The minimum absolute atomic E-state index is 0.128. The van der Waals surface area contributed by atoms with Crippen molar-refractivity contribution in [3.8, 4) is 28.7 Å². The molecule has 0 fully saturated rings. The number of halogens is 1. The SMILES string of the molecule is COc1cc(OC)c(OC)cc1/C=C1\Oc2cc(OCC(=O)c3ccc(Br)cc3)ccc2C1=O. The van der Waals surface area contributed by atoms with Crippen molar-refractivity contribution in [1.82, 2.24) is 0 Å². The van der Waals surface area contributed by atoms with Crippen molar-refractivity contribution in [1.29, 1.82) is 0 Å². The van der Waals surface area contributed by atoms with E-state index in [9.17, 15) is 9.59 Å². The number of ether oxygens (including phenoxy) is 5. The summed E-state index contributed by atoms with van der Waals surface area (Å²) in [5.74, 6) is 1.95. The number of Topliss-reactive ketones (excluding diaryl/α,β-unsaturated/α-hetero) is 2. The fraction of sp³-hybridized carbons (Fsp3) is 0.154. The summed E-state index contributed by atoms with van der Waals surface area (Å²) in [4.78, 5) is 25.2. The van der Waals surface area contributed by atoms with Crippen LogP contribution in [-0.2, 0) is 0 Å². The van der Waals surface area contributed by atoms with Crippen molar-refractivity contribution in [2.45, 2.75) is 0 Å². The van der Waals surface area contributed by atoms with E-state index in [2.05, 4.69) is 15.9 Å². The summed E-state index contributed by atoms with van der Waals surface area (Å²) < 4.78 is 28.4. The fourth-order valence-electron chi connectivity index (χ4n) is 3.43. The lowest BCUT2D eigenvalue weighted by atomic mass is 10.1. The van der Waals surface area contributed by atoms with Crippen molar-refractivity contribution in [2.24, 2.45) is 0 Å². The minimum atomic E-state index is -0.274. The largest absolute Gasteiger partial charge is 0.496 e. The molecule has 0 saturated heterocycles. The van der Waals surface area contributed by atoms with Crippen LogP contribution in [0.2, 0.25) is 0 Å². The Morgan fingerprint density at radius 1 is 0.912 bits per heavy atom. The van der Waals surface area contributed by atoms with Crippen LogP contribution in [0.3, 0.4) is 0 Å². The molecule has 0 radical (unpaired) electrons. The molecule has 0 unspecified atom stereocenters. The average molecular weight is 525 g/mol. The fourth-order valence-corrected chi connectivity index (χ4v) is 3.70. The maximum Gasteiger partial charge on any atom is 0.231 e. The molecule has 0 bridgehead atoms. The van der Waals surface area contributed by atoms with Gasteiger partial charge in [0, 0.05) is 27.7 Å². The molecular formula is C26H21BrO7. The Balaban J connectivity index is 1.53. The second-order valence-corrected chi connectivity index (χ2v) is 8.18. The van der Waals surface area contributed by atoms with E-state index in [1.54, 1.807) is 60.7 Å². The van der Waals surface area contributed by atoms with Gasteiger partial charge in [0.1, 0.15) is 17.2 Å². The third-order valence-electron chi connectivity index (χ3n) is 5.20. The Bertz CT molecular complexity index is 1280. The van der Waals surface area contributed by atoms with E-state index in [-0.39, 0.29) is 23.9 Å². The highest BCUT2D eigenvalue weighted by Gasteiger charge is 2.28. The molecule has 1 heterocycles. The standard InChI is InChI=1S/C26H21BrO7/c1-30-21-13-24(32-3)23(31-2)10-16(21)11-25-26(29)19-9-8-18(12-22(19)34-25)33-14-20(28)15-4-6-17(27)7-5-15/h4-13H,14H2,1-3H3/b25-11-. The summed E-state index contributed by atoms with van der Waals surface area (Å²) in [5.41, 5.74) is 1.54. The zero-order chi connectivity index (χ0) is 24.2. The van der Waals surface area contributed by atoms with Gasteiger partial charge in [0.25, 0.3) is 0 Å². The number of benzene rings is 3. The number of rotatable bonds is 8. The van der Waals surface area contributed by atoms with Gasteiger partial charge in [-0.3, -0.25) is 9.59 Å². The molecule has 8 heteroatoms. The summed E-state index contributed by atoms with van der Waals surface area (Å²) in [5, 5.41) is 0. The van der Waals surface area contributed by atoms with Crippen LogP contribution >= 0.6 is 15.9 Å². The van der Waals surface area contributed by atoms with Gasteiger partial charge < -0.3 is 23.7 Å². The van der Waals surface area contributed by atoms with E-state index in [0.717, 1.165) is 4.47 Å². The molecule has 0 aromatic heterocycles. The molecule has 34 heavy (non-hydrogen) atoms. The van der Waals surface area contributed by atoms with Crippen molar-refractivity contribution < 1.29 is 33.3 Å². The summed E-state index contributed by atoms with van der Waals surface area (Å²) in [6.45, 7) is -0.139. The average Bonchev–Trinajstić information content (AvgIpc) is 3.16. The van der Waals surface area contributed by atoms with Crippen molar-refractivity contribution >= 4 is 33.6 Å². The smallest absolute Gasteiger partial charge is 0.231 e. The molecule has 0 aliphatic carbocycles. The molecule has 0 N–H and O–H groups in total. The number of hydrogen-bond donors (Lipinski definition) is 0. The van der Waals surface area contributed by atoms with Gasteiger partial charge in [-0.15, -0.1) is 0 Å². The van der Waals surface area contributed by atoms with Gasteiger partial charge in [0.15, 0.2) is 29.6 Å². The Kier molecular flexibility index (Phi) is 6.88. The molecule has 0 spiro atoms. The third-order valence-corrected chi connectivity index (χ3v) is 5.73. The van der Waals surface area contributed by atoms with E-state index < -0.39 is 0 Å². The summed E-state index contributed by atoms with van der Waals surface area (Å²) in [6.07, 6.45) is 1.58. The van der Waals surface area contributed by atoms with Crippen LogP contribution in [0.25, 0.3) is 6.08 Å². The van der Waals surface area contributed by atoms with Crippen LogP contribution in [0.4, 0.5) is 0 Å². The highest BCUT2D eigenvalue weighted by molar-refractivity contribution is 9.10. The Labute approximate surface area is 205 Å². The van der Waals surface area contributed by atoms with Gasteiger partial charge in [0.2, 0.25) is 5.78 Å². The topological polar surface area (TPSA) is 80.3 Å². The number of fused-ring (bicyclic) bond motifs is 1. The lowest BCUT2D eigenvalue weighted by molar-refractivity contribution is 0.0921. The van der Waals surface area contributed by atoms with E-state index in [4.69, 9.17) is 23.7 Å². The van der Waals surface area contributed by atoms with Crippen molar-refractivity contribution in [2.75, 3.05) is 27.9 Å². The van der Waals surface area contributed by atoms with Crippen molar-refractivity contribution in [3.05, 3.63) is 81.5 Å². The van der Waals surface area contributed by atoms with E-state index in [0.29, 0.717) is 45.4 Å². The second kappa shape index (κ2) is 10.0. The van der Waals surface area contributed by atoms with Crippen LogP contribution in [0.15, 0.2) is 64.8 Å². The quantitative estimate of drug-likeness (QED) is 0.290. The molecule has 0 saturated carbocycles. The normalized spacial score (nSPS) is 13.3. The third kappa shape index (κ3) is 4.77. The van der Waals surface area contributed by atoms with Gasteiger partial charge in [-0.1, -0.05) is 28.1 Å². The number of carbonyl (C=O) groups excluding carboxylic acids is 2. The molecule has 174 valence electrons. The first-order valence-electron chi connectivity index (χ1n) is 10.2. The molecular weight excluding hydrogens is 504 g/mol. The number of ketones is 2. The Hall–Kier alpha value is -3.78. The number of carbonyl (C=O) groups is 2. The highest BCUT2D eigenvalue weighted by atomic mass is 79.9. The first-order chi connectivity index (χ1) is 16.4. The summed E-state index contributed by atoms with van der Waals surface area (Å²) in [6, 6.07) is 15.2.